The number of fused-ring (bicyclic) bond motifs is 4. The monoisotopic (exact) mass is 334 g/mol. The molecule has 4 nitrogen and oxygen atoms in total. The van der Waals surface area contributed by atoms with Crippen molar-refractivity contribution in [1.29, 1.82) is 0 Å². The van der Waals surface area contributed by atoms with Crippen LogP contribution in [0, 0.1) is 5.92 Å². The van der Waals surface area contributed by atoms with Crippen molar-refractivity contribution in [2.75, 3.05) is 6.61 Å². The van der Waals surface area contributed by atoms with Gasteiger partial charge in [-0.1, -0.05) is 42.5 Å². The Morgan fingerprint density at radius 2 is 1.88 bits per heavy atom. The molecule has 25 heavy (non-hydrogen) atoms. The molecule has 0 aromatic heterocycles. The summed E-state index contributed by atoms with van der Waals surface area (Å²) in [6, 6.07) is 16.9. The summed E-state index contributed by atoms with van der Waals surface area (Å²) < 4.78 is 5.74. The molecule has 2 aromatic carbocycles. The average Bonchev–Trinajstić information content (AvgIpc) is 3.00. The maximum atomic E-state index is 12.5. The fourth-order valence-electron chi connectivity index (χ4n) is 4.65. The number of urea groups is 1. The van der Waals surface area contributed by atoms with E-state index in [1.54, 1.807) is 0 Å². The Morgan fingerprint density at radius 3 is 2.76 bits per heavy atom. The molecule has 1 aliphatic heterocycles. The van der Waals surface area contributed by atoms with Crippen molar-refractivity contribution in [3.05, 3.63) is 65.2 Å². The maximum Gasteiger partial charge on any atom is 0.315 e. The molecule has 2 N–H and O–H groups in total. The van der Waals surface area contributed by atoms with Crippen LogP contribution in [0.2, 0.25) is 0 Å². The van der Waals surface area contributed by atoms with E-state index in [1.165, 1.54) is 16.7 Å². The number of hydrogen-bond acceptors (Lipinski definition) is 2. The number of carbonyl (C=O) groups excluding carboxylic acids is 1. The van der Waals surface area contributed by atoms with Gasteiger partial charge in [-0.3, -0.25) is 0 Å². The zero-order valence-electron chi connectivity index (χ0n) is 14.2. The van der Waals surface area contributed by atoms with Crippen LogP contribution < -0.4 is 15.4 Å². The molecular formula is C21H22N2O2. The zero-order chi connectivity index (χ0) is 17.0. The second-order valence-corrected chi connectivity index (χ2v) is 7.48. The molecule has 1 fully saturated rings. The van der Waals surface area contributed by atoms with Crippen molar-refractivity contribution in [2.24, 2.45) is 5.92 Å². The lowest BCUT2D eigenvalue weighted by Gasteiger charge is -2.20. The Bertz CT molecular complexity index is 834. The van der Waals surface area contributed by atoms with Crippen LogP contribution in [0.25, 0.3) is 0 Å². The molecule has 2 amide bonds. The van der Waals surface area contributed by atoms with Crippen LogP contribution in [0.15, 0.2) is 48.5 Å². The molecule has 0 radical (unpaired) electrons. The van der Waals surface area contributed by atoms with Crippen LogP contribution in [0.4, 0.5) is 4.79 Å². The smallest absolute Gasteiger partial charge is 0.315 e. The van der Waals surface area contributed by atoms with E-state index in [0.29, 0.717) is 18.4 Å². The Labute approximate surface area is 147 Å². The molecule has 1 heterocycles. The normalized spacial score (nSPS) is 29.0. The van der Waals surface area contributed by atoms with Crippen LogP contribution in [-0.2, 0) is 6.42 Å². The first-order valence-corrected chi connectivity index (χ1v) is 9.09. The Balaban J connectivity index is 1.20. The summed E-state index contributed by atoms with van der Waals surface area (Å²) in [5.74, 6) is 2.23. The van der Waals surface area contributed by atoms with Gasteiger partial charge in [0, 0.05) is 29.5 Å². The molecule has 2 aliphatic carbocycles. The zero-order valence-corrected chi connectivity index (χ0v) is 14.2. The lowest BCUT2D eigenvalue weighted by atomic mass is 9.94. The highest BCUT2D eigenvalue weighted by atomic mass is 16.5. The average molecular weight is 334 g/mol. The summed E-state index contributed by atoms with van der Waals surface area (Å²) in [5.41, 5.74) is 4.06. The molecule has 0 spiro atoms. The van der Waals surface area contributed by atoms with Crippen molar-refractivity contribution in [3.63, 3.8) is 0 Å². The van der Waals surface area contributed by atoms with Gasteiger partial charge < -0.3 is 15.4 Å². The molecule has 0 bridgehead atoms. The number of rotatable bonds is 3. The maximum absolute atomic E-state index is 12.5. The number of para-hydroxylation sites is 1. The lowest BCUT2D eigenvalue weighted by molar-refractivity contribution is 0.232. The molecule has 3 aliphatic rings. The fourth-order valence-corrected chi connectivity index (χ4v) is 4.65. The highest BCUT2D eigenvalue weighted by Gasteiger charge is 2.56. The molecule has 0 unspecified atom stereocenters. The van der Waals surface area contributed by atoms with E-state index in [1.807, 2.05) is 18.2 Å². The second-order valence-electron chi connectivity index (χ2n) is 7.48. The Hall–Kier alpha value is -2.49. The lowest BCUT2D eigenvalue weighted by Crippen LogP contribution is -2.45. The quantitative estimate of drug-likeness (QED) is 0.906. The minimum absolute atomic E-state index is 0.0366. The molecule has 5 atom stereocenters. The van der Waals surface area contributed by atoms with Crippen LogP contribution in [0.5, 0.6) is 5.75 Å². The van der Waals surface area contributed by atoms with Gasteiger partial charge in [0.15, 0.2) is 0 Å². The number of benzene rings is 2. The molecule has 1 saturated carbocycles. The van der Waals surface area contributed by atoms with Crippen LogP contribution in [0.1, 0.15) is 35.4 Å². The summed E-state index contributed by atoms with van der Waals surface area (Å²) in [6.07, 6.45) is 1.09. The number of ether oxygens (including phenoxy) is 1. The molecule has 2 aromatic rings. The summed E-state index contributed by atoms with van der Waals surface area (Å²) in [5, 5.41) is 6.30. The standard InChI is InChI=1S/C21H22N2O2/c1-12(17-11-25-18-9-5-4-8-15(17)18)22-21(24)23-20-16-10-13-6-2-3-7-14(13)19(16)20/h2-9,12,16-17,19-20H,10-11H2,1H3,(H2,22,23,24)/t12-,16+,17-,19-,20+/m0/s1. The molecular weight excluding hydrogens is 312 g/mol. The Kier molecular flexibility index (Phi) is 3.27. The van der Waals surface area contributed by atoms with E-state index in [2.05, 4.69) is 47.9 Å². The molecule has 5 rings (SSSR count). The third-order valence-electron chi connectivity index (χ3n) is 6.04. The summed E-state index contributed by atoms with van der Waals surface area (Å²) in [7, 11) is 0. The van der Waals surface area contributed by atoms with Crippen molar-refractivity contribution in [1.82, 2.24) is 10.6 Å². The van der Waals surface area contributed by atoms with Crippen molar-refractivity contribution < 1.29 is 9.53 Å². The topological polar surface area (TPSA) is 50.4 Å². The van der Waals surface area contributed by atoms with Gasteiger partial charge in [0.25, 0.3) is 0 Å². The van der Waals surface area contributed by atoms with E-state index in [4.69, 9.17) is 4.74 Å². The van der Waals surface area contributed by atoms with Crippen LogP contribution in [0.3, 0.4) is 0 Å². The van der Waals surface area contributed by atoms with E-state index in [0.717, 1.165) is 12.2 Å². The molecule has 128 valence electrons. The first kappa shape index (κ1) is 14.8. The largest absolute Gasteiger partial charge is 0.493 e. The van der Waals surface area contributed by atoms with E-state index >= 15 is 0 Å². The first-order chi connectivity index (χ1) is 12.2. The number of nitrogens with one attached hydrogen (secondary N) is 2. The minimum atomic E-state index is -0.0613. The number of carbonyl (C=O) groups is 1. The summed E-state index contributed by atoms with van der Waals surface area (Å²) in [6.45, 7) is 2.68. The third-order valence-corrected chi connectivity index (χ3v) is 6.04. The van der Waals surface area contributed by atoms with E-state index in [9.17, 15) is 4.79 Å². The van der Waals surface area contributed by atoms with Gasteiger partial charge in [0.1, 0.15) is 5.75 Å². The van der Waals surface area contributed by atoms with Gasteiger partial charge in [-0.2, -0.15) is 0 Å². The first-order valence-electron chi connectivity index (χ1n) is 9.09. The molecule has 4 heteroatoms. The highest BCUT2D eigenvalue weighted by Crippen LogP contribution is 2.56. The van der Waals surface area contributed by atoms with Gasteiger partial charge in [-0.05, 0) is 36.5 Å². The van der Waals surface area contributed by atoms with Gasteiger partial charge >= 0.3 is 6.03 Å². The third kappa shape index (κ3) is 2.39. The van der Waals surface area contributed by atoms with Gasteiger partial charge in [-0.25, -0.2) is 4.79 Å². The summed E-state index contributed by atoms with van der Waals surface area (Å²) in [4.78, 5) is 12.5. The predicted molar refractivity (Wildman–Crippen MR) is 96.0 cm³/mol. The Morgan fingerprint density at radius 1 is 1.12 bits per heavy atom. The highest BCUT2D eigenvalue weighted by molar-refractivity contribution is 5.76. The number of amides is 2. The van der Waals surface area contributed by atoms with Crippen molar-refractivity contribution in [3.8, 4) is 5.75 Å². The fraction of sp³-hybridized carbons (Fsp3) is 0.381. The second kappa shape index (κ2) is 5.51. The number of hydrogen-bond donors (Lipinski definition) is 2. The van der Waals surface area contributed by atoms with E-state index in [-0.39, 0.29) is 24.0 Å². The predicted octanol–water partition coefficient (Wildman–Crippen LogP) is 3.19. The van der Waals surface area contributed by atoms with Crippen LogP contribution in [-0.4, -0.2) is 24.7 Å². The van der Waals surface area contributed by atoms with Crippen molar-refractivity contribution in [2.45, 2.75) is 37.3 Å². The summed E-state index contributed by atoms with van der Waals surface area (Å²) >= 11 is 0. The SMILES string of the molecule is C[C@H](NC(=O)N[C@@H]1[C@@H]2Cc3ccccc3[C@@H]21)[C@@H]1COc2ccccc21. The van der Waals surface area contributed by atoms with Crippen LogP contribution >= 0.6 is 0 Å². The van der Waals surface area contributed by atoms with E-state index < -0.39 is 0 Å². The van der Waals surface area contributed by atoms with Gasteiger partial charge in [-0.15, -0.1) is 0 Å². The van der Waals surface area contributed by atoms with Gasteiger partial charge in [0.2, 0.25) is 0 Å². The van der Waals surface area contributed by atoms with Gasteiger partial charge in [0.05, 0.1) is 6.61 Å². The van der Waals surface area contributed by atoms with Crippen molar-refractivity contribution >= 4 is 6.03 Å². The minimum Gasteiger partial charge on any atom is -0.493 e. The molecule has 0 saturated heterocycles.